The molecule has 0 aliphatic heterocycles. The van der Waals surface area contributed by atoms with Gasteiger partial charge in [-0.05, 0) is 24.6 Å². The van der Waals surface area contributed by atoms with Crippen LogP contribution in [0.5, 0.6) is 0 Å². The predicted molar refractivity (Wildman–Crippen MR) is 70.0 cm³/mol. The molecule has 0 spiro atoms. The van der Waals surface area contributed by atoms with Crippen LogP contribution in [0.2, 0.25) is 10.0 Å². The van der Waals surface area contributed by atoms with Crippen LogP contribution in [0.25, 0.3) is 0 Å². The van der Waals surface area contributed by atoms with E-state index >= 15 is 0 Å². The summed E-state index contributed by atoms with van der Waals surface area (Å²) in [7, 11) is 0. The number of hydrogen-bond acceptors (Lipinski definition) is 3. The Balaban J connectivity index is 2.55. The van der Waals surface area contributed by atoms with Crippen LogP contribution in [0.1, 0.15) is 23.7 Å². The summed E-state index contributed by atoms with van der Waals surface area (Å²) in [6.45, 7) is 2.15. The molecule has 0 bridgehead atoms. The summed E-state index contributed by atoms with van der Waals surface area (Å²) in [5.74, 6) is -1.02. The molecule has 6 heteroatoms. The van der Waals surface area contributed by atoms with E-state index in [-0.39, 0.29) is 23.1 Å². The maximum absolute atomic E-state index is 11.7. The van der Waals surface area contributed by atoms with E-state index in [0.717, 1.165) is 6.42 Å². The predicted octanol–water partition coefficient (Wildman–Crippen LogP) is 2.68. The van der Waals surface area contributed by atoms with Crippen molar-refractivity contribution >= 4 is 35.1 Å². The first kappa shape index (κ1) is 14.8. The van der Waals surface area contributed by atoms with Crippen LogP contribution in [0, 0.1) is 0 Å². The molecule has 0 saturated heterocycles. The minimum atomic E-state index is -0.672. The lowest BCUT2D eigenvalue weighted by atomic mass is 10.2. The Morgan fingerprint density at radius 2 is 2.06 bits per heavy atom. The van der Waals surface area contributed by atoms with Gasteiger partial charge in [-0.25, -0.2) is 4.79 Å². The van der Waals surface area contributed by atoms with E-state index in [9.17, 15) is 9.59 Å². The molecule has 98 valence electrons. The van der Waals surface area contributed by atoms with Crippen molar-refractivity contribution in [3.8, 4) is 0 Å². The summed E-state index contributed by atoms with van der Waals surface area (Å²) >= 11 is 11.6. The fraction of sp³-hybridized carbons (Fsp3) is 0.333. The number of carbonyl (C=O) groups is 2. The van der Waals surface area contributed by atoms with E-state index in [4.69, 9.17) is 27.9 Å². The van der Waals surface area contributed by atoms with Gasteiger partial charge in [0.05, 0.1) is 10.6 Å². The van der Waals surface area contributed by atoms with E-state index in [1.807, 2.05) is 6.92 Å². The number of rotatable bonds is 5. The zero-order valence-electron chi connectivity index (χ0n) is 9.83. The number of amides is 1. The molecule has 18 heavy (non-hydrogen) atoms. The Labute approximate surface area is 115 Å². The van der Waals surface area contributed by atoms with Crippen LogP contribution in [0.3, 0.4) is 0 Å². The first-order chi connectivity index (χ1) is 8.54. The fourth-order valence-electron chi connectivity index (χ4n) is 1.18. The van der Waals surface area contributed by atoms with Crippen LogP contribution in [-0.4, -0.2) is 25.0 Å². The van der Waals surface area contributed by atoms with Gasteiger partial charge in [-0.1, -0.05) is 30.1 Å². The number of carbonyl (C=O) groups excluding carboxylic acids is 2. The molecule has 4 nitrogen and oxygen atoms in total. The summed E-state index contributed by atoms with van der Waals surface area (Å²) in [4.78, 5) is 22.9. The lowest BCUT2D eigenvalue weighted by Gasteiger charge is -2.07. The number of esters is 1. The van der Waals surface area contributed by atoms with Crippen molar-refractivity contribution in [3.63, 3.8) is 0 Å². The average Bonchev–Trinajstić information content (AvgIpc) is 2.36. The van der Waals surface area contributed by atoms with Crippen LogP contribution in [0.4, 0.5) is 0 Å². The van der Waals surface area contributed by atoms with Crippen molar-refractivity contribution < 1.29 is 14.3 Å². The molecule has 0 aliphatic carbocycles. The summed E-state index contributed by atoms with van der Waals surface area (Å²) in [6.07, 6.45) is 0.819. The Hall–Kier alpha value is -1.26. The molecule has 0 unspecified atom stereocenters. The molecular formula is C12H13Cl2NO3. The molecule has 1 N–H and O–H groups in total. The SMILES string of the molecule is CCCNC(=O)COC(=O)c1cc(Cl)ccc1Cl. The van der Waals surface area contributed by atoms with E-state index < -0.39 is 5.97 Å². The Morgan fingerprint density at radius 1 is 1.33 bits per heavy atom. The normalized spacial score (nSPS) is 9.94. The smallest absolute Gasteiger partial charge is 0.340 e. The van der Waals surface area contributed by atoms with Gasteiger partial charge in [0.1, 0.15) is 0 Å². The lowest BCUT2D eigenvalue weighted by Crippen LogP contribution is -2.29. The number of ether oxygens (including phenoxy) is 1. The average molecular weight is 290 g/mol. The summed E-state index contributed by atoms with van der Waals surface area (Å²) < 4.78 is 4.83. The van der Waals surface area contributed by atoms with Crippen molar-refractivity contribution in [2.75, 3.05) is 13.2 Å². The van der Waals surface area contributed by atoms with Gasteiger partial charge >= 0.3 is 5.97 Å². The first-order valence-corrected chi connectivity index (χ1v) is 6.19. The molecule has 0 saturated carbocycles. The first-order valence-electron chi connectivity index (χ1n) is 5.43. The third-order valence-corrected chi connectivity index (χ3v) is 2.62. The molecule has 1 amide bonds. The highest BCUT2D eigenvalue weighted by atomic mass is 35.5. The van der Waals surface area contributed by atoms with Gasteiger partial charge in [-0.15, -0.1) is 0 Å². The van der Waals surface area contributed by atoms with Gasteiger partial charge in [0, 0.05) is 11.6 Å². The highest BCUT2D eigenvalue weighted by Crippen LogP contribution is 2.21. The van der Waals surface area contributed by atoms with E-state index in [1.165, 1.54) is 12.1 Å². The van der Waals surface area contributed by atoms with E-state index in [2.05, 4.69) is 5.32 Å². The summed E-state index contributed by atoms with van der Waals surface area (Å²) in [5, 5.41) is 3.20. The molecule has 0 radical (unpaired) electrons. The molecule has 0 fully saturated rings. The second kappa shape index (κ2) is 7.24. The zero-order chi connectivity index (χ0) is 13.5. The maximum atomic E-state index is 11.7. The number of nitrogens with one attached hydrogen (secondary N) is 1. The van der Waals surface area contributed by atoms with Crippen molar-refractivity contribution in [1.82, 2.24) is 5.32 Å². The van der Waals surface area contributed by atoms with E-state index in [1.54, 1.807) is 6.07 Å². The van der Waals surface area contributed by atoms with Crippen LogP contribution in [-0.2, 0) is 9.53 Å². The van der Waals surface area contributed by atoms with Gasteiger partial charge in [0.15, 0.2) is 6.61 Å². The van der Waals surface area contributed by atoms with Crippen LogP contribution < -0.4 is 5.32 Å². The van der Waals surface area contributed by atoms with Gasteiger partial charge in [-0.3, -0.25) is 4.79 Å². The monoisotopic (exact) mass is 289 g/mol. The number of benzene rings is 1. The molecule has 1 aromatic carbocycles. The molecule has 1 rings (SSSR count). The molecule has 0 aliphatic rings. The van der Waals surface area contributed by atoms with Crippen molar-refractivity contribution in [2.24, 2.45) is 0 Å². The van der Waals surface area contributed by atoms with Crippen molar-refractivity contribution in [3.05, 3.63) is 33.8 Å². The Morgan fingerprint density at radius 3 is 2.72 bits per heavy atom. The lowest BCUT2D eigenvalue weighted by molar-refractivity contribution is -0.124. The minimum Gasteiger partial charge on any atom is -0.452 e. The number of halogens is 2. The topological polar surface area (TPSA) is 55.4 Å². The van der Waals surface area contributed by atoms with E-state index in [0.29, 0.717) is 11.6 Å². The largest absolute Gasteiger partial charge is 0.452 e. The Kier molecular flexibility index (Phi) is 5.95. The number of hydrogen-bond donors (Lipinski definition) is 1. The van der Waals surface area contributed by atoms with Gasteiger partial charge in [-0.2, -0.15) is 0 Å². The zero-order valence-corrected chi connectivity index (χ0v) is 11.3. The molecular weight excluding hydrogens is 277 g/mol. The van der Waals surface area contributed by atoms with Gasteiger partial charge < -0.3 is 10.1 Å². The van der Waals surface area contributed by atoms with Crippen LogP contribution >= 0.6 is 23.2 Å². The van der Waals surface area contributed by atoms with Gasteiger partial charge in [0.2, 0.25) is 0 Å². The quantitative estimate of drug-likeness (QED) is 0.848. The molecule has 0 atom stereocenters. The second-order valence-corrected chi connectivity index (χ2v) is 4.39. The summed E-state index contributed by atoms with van der Waals surface area (Å²) in [5.41, 5.74) is 0.146. The fourth-order valence-corrected chi connectivity index (χ4v) is 1.55. The Bertz CT molecular complexity index is 449. The highest BCUT2D eigenvalue weighted by Gasteiger charge is 2.14. The second-order valence-electron chi connectivity index (χ2n) is 3.55. The molecule has 1 aromatic rings. The minimum absolute atomic E-state index is 0.146. The van der Waals surface area contributed by atoms with Gasteiger partial charge in [0.25, 0.3) is 5.91 Å². The standard InChI is InChI=1S/C12H13Cl2NO3/c1-2-5-15-11(16)7-18-12(17)9-6-8(13)3-4-10(9)14/h3-4,6H,2,5,7H2,1H3,(H,15,16). The van der Waals surface area contributed by atoms with Crippen molar-refractivity contribution in [2.45, 2.75) is 13.3 Å². The molecule has 0 aromatic heterocycles. The maximum Gasteiger partial charge on any atom is 0.340 e. The highest BCUT2D eigenvalue weighted by molar-refractivity contribution is 6.35. The molecule has 0 heterocycles. The van der Waals surface area contributed by atoms with Crippen molar-refractivity contribution in [1.29, 1.82) is 0 Å². The third kappa shape index (κ3) is 4.55. The van der Waals surface area contributed by atoms with Crippen LogP contribution in [0.15, 0.2) is 18.2 Å². The third-order valence-electron chi connectivity index (χ3n) is 2.05. The summed E-state index contributed by atoms with van der Waals surface area (Å²) in [6, 6.07) is 4.46.